The molecule has 0 aliphatic carbocycles. The Kier molecular flexibility index (Phi) is 5.99. The molecule has 1 aliphatic rings. The van der Waals surface area contributed by atoms with Gasteiger partial charge in [-0.05, 0) is 24.3 Å². The largest absolute Gasteiger partial charge is 0.497 e. The minimum absolute atomic E-state index is 0.00670. The number of thioether (sulfide) groups is 1. The second-order valence-corrected chi connectivity index (χ2v) is 7.15. The van der Waals surface area contributed by atoms with Crippen molar-refractivity contribution >= 4 is 17.7 Å². The van der Waals surface area contributed by atoms with Gasteiger partial charge in [-0.15, -0.1) is 11.8 Å². The van der Waals surface area contributed by atoms with Crippen LogP contribution in [0.2, 0.25) is 0 Å². The Morgan fingerprint density at radius 1 is 1.40 bits per heavy atom. The van der Waals surface area contributed by atoms with Crippen LogP contribution in [0.15, 0.2) is 41.6 Å². The maximum Gasteiger partial charge on any atom is 0.224 e. The fraction of sp³-hybridized carbons (Fsp3) is 0.444. The van der Waals surface area contributed by atoms with Crippen LogP contribution < -0.4 is 10.1 Å². The molecule has 1 aromatic heterocycles. The number of aromatic nitrogens is 2. The standard InChI is InChI=1S/C18H24N4O2S/c1-21-10-9-20-18(21)16-13-19-8-11-22(16)17(23)7-12-25-15-5-3-14(24-2)4-6-15/h3-6,9-10,16,19H,7-8,11-13H2,1-2H3. The third-order valence-corrected chi connectivity index (χ3v) is 5.38. The molecule has 2 heterocycles. The number of ether oxygens (including phenoxy) is 1. The van der Waals surface area contributed by atoms with Crippen molar-refractivity contribution in [2.24, 2.45) is 7.05 Å². The molecule has 1 atom stereocenters. The van der Waals surface area contributed by atoms with E-state index >= 15 is 0 Å². The van der Waals surface area contributed by atoms with E-state index in [0.29, 0.717) is 6.42 Å². The van der Waals surface area contributed by atoms with E-state index in [9.17, 15) is 4.79 Å². The molecule has 1 unspecified atom stereocenters. The summed E-state index contributed by atoms with van der Waals surface area (Å²) in [6.07, 6.45) is 4.23. The smallest absolute Gasteiger partial charge is 0.224 e. The summed E-state index contributed by atoms with van der Waals surface area (Å²) in [6, 6.07) is 7.94. The van der Waals surface area contributed by atoms with E-state index in [1.807, 2.05) is 47.0 Å². The van der Waals surface area contributed by atoms with E-state index in [-0.39, 0.29) is 11.9 Å². The molecule has 0 radical (unpaired) electrons. The number of rotatable bonds is 6. The first-order chi connectivity index (χ1) is 12.2. The molecule has 0 saturated carbocycles. The number of nitrogens with zero attached hydrogens (tertiary/aromatic N) is 3. The molecule has 1 saturated heterocycles. The van der Waals surface area contributed by atoms with E-state index < -0.39 is 0 Å². The number of benzene rings is 1. The lowest BCUT2D eigenvalue weighted by molar-refractivity contribution is -0.134. The summed E-state index contributed by atoms with van der Waals surface area (Å²) in [5.41, 5.74) is 0. The minimum atomic E-state index is 0.00670. The summed E-state index contributed by atoms with van der Waals surface area (Å²) < 4.78 is 7.15. The van der Waals surface area contributed by atoms with Gasteiger partial charge in [-0.3, -0.25) is 4.79 Å². The van der Waals surface area contributed by atoms with Crippen LogP contribution in [0.4, 0.5) is 0 Å². The van der Waals surface area contributed by atoms with Crippen molar-refractivity contribution in [1.82, 2.24) is 19.8 Å². The first kappa shape index (κ1) is 17.8. The maximum absolute atomic E-state index is 12.7. The van der Waals surface area contributed by atoms with Crippen LogP contribution >= 0.6 is 11.8 Å². The number of nitrogens with one attached hydrogen (secondary N) is 1. The molecule has 0 spiro atoms. The Bertz CT molecular complexity index is 701. The van der Waals surface area contributed by atoms with Crippen LogP contribution in [0.5, 0.6) is 5.75 Å². The van der Waals surface area contributed by atoms with Crippen molar-refractivity contribution in [3.05, 3.63) is 42.5 Å². The van der Waals surface area contributed by atoms with Crippen molar-refractivity contribution in [1.29, 1.82) is 0 Å². The zero-order valence-electron chi connectivity index (χ0n) is 14.6. The highest BCUT2D eigenvalue weighted by atomic mass is 32.2. The normalized spacial score (nSPS) is 17.5. The van der Waals surface area contributed by atoms with Crippen LogP contribution in [0.3, 0.4) is 0 Å². The summed E-state index contributed by atoms with van der Waals surface area (Å²) in [5, 5.41) is 3.36. The summed E-state index contributed by atoms with van der Waals surface area (Å²) in [5.74, 6) is 2.74. The first-order valence-corrected chi connectivity index (χ1v) is 9.42. The van der Waals surface area contributed by atoms with Crippen LogP contribution in [-0.4, -0.2) is 52.9 Å². The molecule has 134 valence electrons. The van der Waals surface area contributed by atoms with Gasteiger partial charge in [-0.25, -0.2) is 4.98 Å². The second kappa shape index (κ2) is 8.40. The molecule has 1 fully saturated rings. The summed E-state index contributed by atoms with van der Waals surface area (Å²) in [4.78, 5) is 20.3. The van der Waals surface area contributed by atoms with E-state index in [1.54, 1.807) is 25.1 Å². The number of imidazole rings is 1. The van der Waals surface area contributed by atoms with Gasteiger partial charge in [0.15, 0.2) is 0 Å². The number of carbonyl (C=O) groups is 1. The van der Waals surface area contributed by atoms with Crippen molar-refractivity contribution in [2.45, 2.75) is 17.4 Å². The number of hydrogen-bond acceptors (Lipinski definition) is 5. The zero-order chi connectivity index (χ0) is 17.6. The van der Waals surface area contributed by atoms with Crippen LogP contribution in [0.1, 0.15) is 18.3 Å². The van der Waals surface area contributed by atoms with E-state index in [0.717, 1.165) is 41.9 Å². The molecule has 0 bridgehead atoms. The van der Waals surface area contributed by atoms with Crippen LogP contribution in [0, 0.1) is 0 Å². The van der Waals surface area contributed by atoms with Gasteiger partial charge in [0.05, 0.1) is 7.11 Å². The topological polar surface area (TPSA) is 59.4 Å². The van der Waals surface area contributed by atoms with Gasteiger partial charge in [-0.2, -0.15) is 0 Å². The van der Waals surface area contributed by atoms with E-state index in [2.05, 4.69) is 10.3 Å². The molecular formula is C18H24N4O2S. The van der Waals surface area contributed by atoms with E-state index in [1.165, 1.54) is 0 Å². The quantitative estimate of drug-likeness (QED) is 0.800. The molecule has 2 aromatic rings. The summed E-state index contributed by atoms with van der Waals surface area (Å²) in [6.45, 7) is 2.31. The maximum atomic E-state index is 12.7. The molecule has 1 amide bonds. The predicted molar refractivity (Wildman–Crippen MR) is 98.9 cm³/mol. The van der Waals surface area contributed by atoms with Crippen molar-refractivity contribution in [2.75, 3.05) is 32.5 Å². The van der Waals surface area contributed by atoms with Crippen molar-refractivity contribution in [3.8, 4) is 5.75 Å². The van der Waals surface area contributed by atoms with Crippen LogP contribution in [-0.2, 0) is 11.8 Å². The molecule has 6 nitrogen and oxygen atoms in total. The fourth-order valence-electron chi connectivity index (χ4n) is 3.00. The monoisotopic (exact) mass is 360 g/mol. The average Bonchev–Trinajstić information content (AvgIpc) is 3.08. The highest BCUT2D eigenvalue weighted by Gasteiger charge is 2.29. The Balaban J connectivity index is 1.56. The van der Waals surface area contributed by atoms with Gasteiger partial charge in [0, 0.05) is 56.1 Å². The first-order valence-electron chi connectivity index (χ1n) is 8.43. The Morgan fingerprint density at radius 3 is 2.88 bits per heavy atom. The second-order valence-electron chi connectivity index (χ2n) is 5.98. The van der Waals surface area contributed by atoms with Crippen molar-refractivity contribution < 1.29 is 9.53 Å². The minimum Gasteiger partial charge on any atom is -0.497 e. The molecule has 1 N–H and O–H groups in total. The number of hydrogen-bond donors (Lipinski definition) is 1. The number of amides is 1. The zero-order valence-corrected chi connectivity index (χ0v) is 15.5. The van der Waals surface area contributed by atoms with Gasteiger partial charge in [0.2, 0.25) is 5.91 Å². The molecule has 7 heteroatoms. The van der Waals surface area contributed by atoms with E-state index in [4.69, 9.17) is 4.74 Å². The highest BCUT2D eigenvalue weighted by Crippen LogP contribution is 2.24. The number of methoxy groups -OCH3 is 1. The lowest BCUT2D eigenvalue weighted by Gasteiger charge is -2.35. The van der Waals surface area contributed by atoms with Crippen LogP contribution in [0.25, 0.3) is 0 Å². The molecule has 1 aliphatic heterocycles. The average molecular weight is 360 g/mol. The van der Waals surface area contributed by atoms with Gasteiger partial charge in [-0.1, -0.05) is 0 Å². The predicted octanol–water partition coefficient (Wildman–Crippen LogP) is 2.08. The molecule has 25 heavy (non-hydrogen) atoms. The SMILES string of the molecule is COc1ccc(SCCC(=O)N2CCNCC2c2nccn2C)cc1. The van der Waals surface area contributed by atoms with Gasteiger partial charge in [0.25, 0.3) is 0 Å². The molecule has 1 aromatic carbocycles. The Hall–Kier alpha value is -1.99. The Labute approximate surface area is 152 Å². The number of piperazine rings is 1. The van der Waals surface area contributed by atoms with Gasteiger partial charge in [0.1, 0.15) is 17.6 Å². The fourth-order valence-corrected chi connectivity index (χ4v) is 3.84. The lowest BCUT2D eigenvalue weighted by atomic mass is 10.1. The molecular weight excluding hydrogens is 336 g/mol. The summed E-state index contributed by atoms with van der Waals surface area (Å²) in [7, 11) is 3.63. The Morgan fingerprint density at radius 2 is 2.20 bits per heavy atom. The highest BCUT2D eigenvalue weighted by molar-refractivity contribution is 7.99. The lowest BCUT2D eigenvalue weighted by Crippen LogP contribution is -2.49. The number of carbonyl (C=O) groups excluding carboxylic acids is 1. The van der Waals surface area contributed by atoms with Gasteiger partial charge >= 0.3 is 0 Å². The van der Waals surface area contributed by atoms with Gasteiger partial charge < -0.3 is 19.5 Å². The number of aryl methyl sites for hydroxylation is 1. The van der Waals surface area contributed by atoms with Crippen molar-refractivity contribution in [3.63, 3.8) is 0 Å². The molecule has 3 rings (SSSR count). The third kappa shape index (κ3) is 4.35. The third-order valence-electron chi connectivity index (χ3n) is 4.36. The summed E-state index contributed by atoms with van der Waals surface area (Å²) >= 11 is 1.69.